The van der Waals surface area contributed by atoms with Crippen LogP contribution in [0.4, 0.5) is 4.79 Å². The van der Waals surface area contributed by atoms with Crippen LogP contribution >= 0.6 is 0 Å². The lowest BCUT2D eigenvalue weighted by atomic mass is 9.86. The number of imide groups is 2. The lowest BCUT2D eigenvalue weighted by Gasteiger charge is -2.35. The van der Waals surface area contributed by atoms with E-state index in [1.807, 2.05) is 6.07 Å². The summed E-state index contributed by atoms with van der Waals surface area (Å²) in [6.45, 7) is 3.31. The van der Waals surface area contributed by atoms with E-state index in [4.69, 9.17) is 0 Å². The second-order valence-electron chi connectivity index (χ2n) is 5.83. The Labute approximate surface area is 134 Å². The molecule has 3 rings (SSSR count). The molecule has 2 aliphatic heterocycles. The molecule has 23 heavy (non-hydrogen) atoms. The second kappa shape index (κ2) is 6.47. The van der Waals surface area contributed by atoms with Crippen LogP contribution in [0.15, 0.2) is 30.3 Å². The van der Waals surface area contributed by atoms with Crippen molar-refractivity contribution < 1.29 is 14.4 Å². The number of amides is 4. The van der Waals surface area contributed by atoms with Crippen molar-refractivity contribution >= 4 is 17.8 Å². The first kappa shape index (κ1) is 15.6. The Bertz CT molecular complexity index is 591. The van der Waals surface area contributed by atoms with Crippen molar-refractivity contribution in [3.8, 4) is 0 Å². The Morgan fingerprint density at radius 2 is 1.61 bits per heavy atom. The van der Waals surface area contributed by atoms with Crippen molar-refractivity contribution in [3.05, 3.63) is 35.9 Å². The fourth-order valence-corrected chi connectivity index (χ4v) is 3.15. The minimum absolute atomic E-state index is 0.476. The smallest absolute Gasteiger partial charge is 0.302 e. The summed E-state index contributed by atoms with van der Waals surface area (Å²) < 4.78 is 0. The molecule has 0 aliphatic carbocycles. The number of hydrogen-bond donors (Lipinski definition) is 3. The van der Waals surface area contributed by atoms with Crippen LogP contribution in [0, 0.1) is 0 Å². The summed E-state index contributed by atoms with van der Waals surface area (Å²) in [5.41, 5.74) is -1.06. The van der Waals surface area contributed by atoms with E-state index < -0.39 is 23.4 Å². The largest absolute Gasteiger partial charge is 0.328 e. The van der Waals surface area contributed by atoms with Crippen molar-refractivity contribution in [1.82, 2.24) is 20.9 Å². The van der Waals surface area contributed by atoms with Crippen molar-refractivity contribution in [2.24, 2.45) is 0 Å². The molecule has 1 aromatic rings. The zero-order chi connectivity index (χ0) is 16.3. The quantitative estimate of drug-likeness (QED) is 0.662. The number of nitrogens with zero attached hydrogens (tertiary/aromatic N) is 1. The monoisotopic (exact) mass is 316 g/mol. The molecule has 0 spiro atoms. The Kier molecular flexibility index (Phi) is 4.40. The van der Waals surface area contributed by atoms with Crippen molar-refractivity contribution in [2.45, 2.75) is 18.4 Å². The molecule has 2 heterocycles. The molecule has 122 valence electrons. The van der Waals surface area contributed by atoms with Crippen LogP contribution < -0.4 is 16.0 Å². The molecule has 2 saturated heterocycles. The predicted octanol–water partition coefficient (Wildman–Crippen LogP) is -0.0667. The van der Waals surface area contributed by atoms with Crippen molar-refractivity contribution in [2.75, 3.05) is 26.2 Å². The van der Waals surface area contributed by atoms with Crippen LogP contribution in [0.25, 0.3) is 0 Å². The highest BCUT2D eigenvalue weighted by Crippen LogP contribution is 2.24. The SMILES string of the molecule is O=C1NC(=O)C(NCCN2CCCC2)(c2ccccc2)C(=O)N1. The molecular weight excluding hydrogens is 296 g/mol. The number of urea groups is 1. The number of likely N-dealkylation sites (tertiary alicyclic amines) is 1. The van der Waals surface area contributed by atoms with Crippen LogP contribution in [0.2, 0.25) is 0 Å². The van der Waals surface area contributed by atoms with Gasteiger partial charge in [0, 0.05) is 13.1 Å². The molecule has 0 aromatic heterocycles. The van der Waals surface area contributed by atoms with Gasteiger partial charge in [-0.3, -0.25) is 25.5 Å². The van der Waals surface area contributed by atoms with E-state index in [2.05, 4.69) is 20.9 Å². The van der Waals surface area contributed by atoms with Crippen LogP contribution in [-0.2, 0) is 15.1 Å². The molecule has 7 nitrogen and oxygen atoms in total. The summed E-state index contributed by atoms with van der Waals surface area (Å²) in [4.78, 5) is 38.7. The summed E-state index contributed by atoms with van der Waals surface area (Å²) in [5, 5.41) is 7.46. The highest BCUT2D eigenvalue weighted by atomic mass is 16.2. The first-order chi connectivity index (χ1) is 11.1. The summed E-state index contributed by atoms with van der Waals surface area (Å²) in [5.74, 6) is -1.28. The number of carbonyl (C=O) groups excluding carboxylic acids is 3. The number of rotatable bonds is 5. The van der Waals surface area contributed by atoms with E-state index in [0.717, 1.165) is 19.6 Å². The van der Waals surface area contributed by atoms with Gasteiger partial charge in [-0.2, -0.15) is 0 Å². The summed E-state index contributed by atoms with van der Waals surface area (Å²) in [6, 6.07) is 7.96. The summed E-state index contributed by atoms with van der Waals surface area (Å²) in [6.07, 6.45) is 2.36. The van der Waals surface area contributed by atoms with Gasteiger partial charge in [0.25, 0.3) is 11.8 Å². The zero-order valence-electron chi connectivity index (χ0n) is 12.8. The predicted molar refractivity (Wildman–Crippen MR) is 83.5 cm³/mol. The molecule has 1 aromatic carbocycles. The minimum atomic E-state index is -1.57. The molecule has 3 N–H and O–H groups in total. The van der Waals surface area contributed by atoms with Gasteiger partial charge >= 0.3 is 6.03 Å². The number of barbiturate groups is 1. The average Bonchev–Trinajstić information content (AvgIpc) is 3.04. The molecule has 2 fully saturated rings. The average molecular weight is 316 g/mol. The van der Waals surface area contributed by atoms with E-state index in [1.54, 1.807) is 24.3 Å². The van der Waals surface area contributed by atoms with E-state index in [0.29, 0.717) is 12.1 Å². The van der Waals surface area contributed by atoms with E-state index >= 15 is 0 Å². The number of hydrogen-bond acceptors (Lipinski definition) is 5. The third-order valence-electron chi connectivity index (χ3n) is 4.36. The number of carbonyl (C=O) groups is 3. The van der Waals surface area contributed by atoms with Crippen LogP contribution in [-0.4, -0.2) is 48.9 Å². The molecule has 0 saturated carbocycles. The van der Waals surface area contributed by atoms with E-state index in [9.17, 15) is 14.4 Å². The van der Waals surface area contributed by atoms with Gasteiger partial charge < -0.3 is 4.90 Å². The third-order valence-corrected chi connectivity index (χ3v) is 4.36. The van der Waals surface area contributed by atoms with E-state index in [-0.39, 0.29) is 0 Å². The van der Waals surface area contributed by atoms with Gasteiger partial charge in [0.05, 0.1) is 0 Å². The maximum atomic E-state index is 12.5. The Morgan fingerprint density at radius 1 is 1.00 bits per heavy atom. The lowest BCUT2D eigenvalue weighted by molar-refractivity contribution is -0.140. The fourth-order valence-electron chi connectivity index (χ4n) is 3.15. The number of nitrogens with one attached hydrogen (secondary N) is 3. The normalized spacial score (nSPS) is 21.1. The van der Waals surface area contributed by atoms with Crippen LogP contribution in [0.1, 0.15) is 18.4 Å². The van der Waals surface area contributed by atoms with Gasteiger partial charge in [-0.05, 0) is 31.5 Å². The molecule has 4 amide bonds. The highest BCUT2D eigenvalue weighted by Gasteiger charge is 2.51. The second-order valence-corrected chi connectivity index (χ2v) is 5.83. The molecule has 0 bridgehead atoms. The van der Waals surface area contributed by atoms with Crippen LogP contribution in [0.3, 0.4) is 0 Å². The van der Waals surface area contributed by atoms with E-state index in [1.165, 1.54) is 12.8 Å². The summed E-state index contributed by atoms with van der Waals surface area (Å²) >= 11 is 0. The van der Waals surface area contributed by atoms with Crippen molar-refractivity contribution in [1.29, 1.82) is 0 Å². The van der Waals surface area contributed by atoms with Gasteiger partial charge in [0.15, 0.2) is 0 Å². The van der Waals surface area contributed by atoms with Gasteiger partial charge in [-0.15, -0.1) is 0 Å². The minimum Gasteiger partial charge on any atom is -0.302 e. The van der Waals surface area contributed by atoms with Gasteiger partial charge in [-0.25, -0.2) is 4.79 Å². The molecular formula is C16H20N4O3. The Balaban J connectivity index is 1.82. The lowest BCUT2D eigenvalue weighted by Crippen LogP contribution is -2.70. The standard InChI is InChI=1S/C16H20N4O3/c21-13-16(12-6-2-1-3-7-12,14(22)19-15(23)18-13)17-8-11-20-9-4-5-10-20/h1-3,6-7,17H,4-5,8-11H2,(H2,18,19,21,22,23). The molecule has 0 atom stereocenters. The molecule has 0 unspecified atom stereocenters. The Hall–Kier alpha value is -2.25. The summed E-state index contributed by atoms with van der Waals surface area (Å²) in [7, 11) is 0. The first-order valence-electron chi connectivity index (χ1n) is 7.83. The molecule has 2 aliphatic rings. The van der Waals surface area contributed by atoms with Crippen molar-refractivity contribution in [3.63, 3.8) is 0 Å². The van der Waals surface area contributed by atoms with Gasteiger partial charge in [-0.1, -0.05) is 30.3 Å². The Morgan fingerprint density at radius 3 is 2.22 bits per heavy atom. The maximum absolute atomic E-state index is 12.5. The third kappa shape index (κ3) is 2.97. The number of benzene rings is 1. The topological polar surface area (TPSA) is 90.5 Å². The first-order valence-corrected chi connectivity index (χ1v) is 7.83. The maximum Gasteiger partial charge on any atom is 0.328 e. The molecule has 7 heteroatoms. The van der Waals surface area contributed by atoms with Gasteiger partial charge in [0.2, 0.25) is 5.54 Å². The fraction of sp³-hybridized carbons (Fsp3) is 0.438. The highest BCUT2D eigenvalue weighted by molar-refractivity contribution is 6.22. The van der Waals surface area contributed by atoms with Crippen LogP contribution in [0.5, 0.6) is 0 Å². The van der Waals surface area contributed by atoms with Gasteiger partial charge in [0.1, 0.15) is 0 Å². The zero-order valence-corrected chi connectivity index (χ0v) is 12.8. The molecule has 0 radical (unpaired) electrons.